The van der Waals surface area contributed by atoms with Gasteiger partial charge in [0, 0.05) is 6.54 Å². The second-order valence-electron chi connectivity index (χ2n) is 4.61. The van der Waals surface area contributed by atoms with Crippen LogP contribution >= 0.6 is 12.4 Å². The largest absolute Gasteiger partial charge is 0.351 e. The molecule has 3 N–H and O–H groups in total. The molecule has 0 aliphatic carbocycles. The summed E-state index contributed by atoms with van der Waals surface area (Å²) in [6.45, 7) is 6.62. The lowest BCUT2D eigenvalue weighted by atomic mass is 9.99. The molecule has 0 aliphatic heterocycles. The number of rotatable bonds is 5. The van der Waals surface area contributed by atoms with Gasteiger partial charge in [-0.3, -0.25) is 4.79 Å². The summed E-state index contributed by atoms with van der Waals surface area (Å²) >= 11 is 0. The Morgan fingerprint density at radius 3 is 2.39 bits per heavy atom. The summed E-state index contributed by atoms with van der Waals surface area (Å²) in [5.41, 5.74) is 8.16. The smallest absolute Gasteiger partial charge is 0.237 e. The molecule has 0 bridgehead atoms. The highest BCUT2D eigenvalue weighted by molar-refractivity contribution is 5.85. The van der Waals surface area contributed by atoms with E-state index in [-0.39, 0.29) is 24.2 Å². The summed E-state index contributed by atoms with van der Waals surface area (Å²) in [6.07, 6.45) is 0.916. The van der Waals surface area contributed by atoms with E-state index in [4.69, 9.17) is 5.73 Å². The molecule has 4 heteroatoms. The lowest BCUT2D eigenvalue weighted by molar-refractivity contribution is -0.123. The highest BCUT2D eigenvalue weighted by Crippen LogP contribution is 2.06. The Morgan fingerprint density at radius 1 is 1.33 bits per heavy atom. The van der Waals surface area contributed by atoms with E-state index in [1.165, 1.54) is 5.56 Å². The number of nitrogens with one attached hydrogen (secondary N) is 1. The van der Waals surface area contributed by atoms with E-state index in [9.17, 15) is 4.79 Å². The minimum Gasteiger partial charge on any atom is -0.351 e. The molecule has 0 aliphatic rings. The third-order valence-corrected chi connectivity index (χ3v) is 3.15. The summed E-state index contributed by atoms with van der Waals surface area (Å²) in [7, 11) is 0. The van der Waals surface area contributed by atoms with Crippen molar-refractivity contribution in [2.75, 3.05) is 0 Å². The Balaban J connectivity index is 0.00000289. The number of hydrogen-bond acceptors (Lipinski definition) is 2. The second-order valence-corrected chi connectivity index (χ2v) is 4.61. The van der Waals surface area contributed by atoms with Gasteiger partial charge < -0.3 is 11.1 Å². The fourth-order valence-corrected chi connectivity index (χ4v) is 1.53. The molecular weight excluding hydrogens is 248 g/mol. The van der Waals surface area contributed by atoms with Crippen LogP contribution in [0, 0.1) is 12.8 Å². The highest BCUT2D eigenvalue weighted by atomic mass is 35.5. The first-order valence-corrected chi connectivity index (χ1v) is 6.13. The molecule has 0 aromatic heterocycles. The van der Waals surface area contributed by atoms with E-state index >= 15 is 0 Å². The van der Waals surface area contributed by atoms with Crippen LogP contribution < -0.4 is 11.1 Å². The topological polar surface area (TPSA) is 55.1 Å². The van der Waals surface area contributed by atoms with Crippen molar-refractivity contribution in [3.05, 3.63) is 35.4 Å². The average Bonchev–Trinajstić information content (AvgIpc) is 2.35. The molecule has 1 aromatic carbocycles. The van der Waals surface area contributed by atoms with Gasteiger partial charge in [0.25, 0.3) is 0 Å². The Kier molecular flexibility index (Phi) is 7.64. The van der Waals surface area contributed by atoms with Crippen LogP contribution in [0.5, 0.6) is 0 Å². The maximum absolute atomic E-state index is 11.7. The van der Waals surface area contributed by atoms with Crippen molar-refractivity contribution in [1.82, 2.24) is 5.32 Å². The molecular formula is C14H23ClN2O. The number of aryl methyl sites for hydroxylation is 1. The van der Waals surface area contributed by atoms with E-state index < -0.39 is 6.04 Å². The summed E-state index contributed by atoms with van der Waals surface area (Å²) in [5.74, 6) is 0.146. The first-order chi connectivity index (χ1) is 8.04. The molecule has 0 heterocycles. The highest BCUT2D eigenvalue weighted by Gasteiger charge is 2.18. The molecule has 0 saturated carbocycles. The normalized spacial score (nSPS) is 13.3. The molecule has 102 valence electrons. The van der Waals surface area contributed by atoms with Gasteiger partial charge in [0.05, 0.1) is 6.04 Å². The predicted octanol–water partition coefficient (Wildman–Crippen LogP) is 2.41. The fraction of sp³-hybridized carbons (Fsp3) is 0.500. The van der Waals surface area contributed by atoms with E-state index in [2.05, 4.69) is 5.32 Å². The van der Waals surface area contributed by atoms with Crippen LogP contribution in [-0.4, -0.2) is 11.9 Å². The minimum absolute atomic E-state index is 0. The molecule has 3 nitrogen and oxygen atoms in total. The van der Waals surface area contributed by atoms with Crippen LogP contribution in [0.25, 0.3) is 0 Å². The van der Waals surface area contributed by atoms with Gasteiger partial charge in [0.2, 0.25) is 5.91 Å². The predicted molar refractivity (Wildman–Crippen MR) is 77.7 cm³/mol. The molecule has 1 amide bonds. The van der Waals surface area contributed by atoms with E-state index in [1.54, 1.807) is 0 Å². The van der Waals surface area contributed by atoms with Crippen LogP contribution in [0.1, 0.15) is 31.4 Å². The molecule has 0 radical (unpaired) electrons. The van der Waals surface area contributed by atoms with Crippen molar-refractivity contribution in [3.63, 3.8) is 0 Å². The van der Waals surface area contributed by atoms with Crippen molar-refractivity contribution in [2.45, 2.75) is 39.8 Å². The van der Waals surface area contributed by atoms with Crippen molar-refractivity contribution in [1.29, 1.82) is 0 Å². The summed E-state index contributed by atoms with van der Waals surface area (Å²) < 4.78 is 0. The fourth-order valence-electron chi connectivity index (χ4n) is 1.53. The quantitative estimate of drug-likeness (QED) is 0.863. The molecule has 2 unspecified atom stereocenters. The van der Waals surface area contributed by atoms with E-state index in [0.717, 1.165) is 12.0 Å². The van der Waals surface area contributed by atoms with Crippen LogP contribution in [-0.2, 0) is 11.3 Å². The van der Waals surface area contributed by atoms with Crippen molar-refractivity contribution in [2.24, 2.45) is 11.7 Å². The van der Waals surface area contributed by atoms with E-state index in [1.807, 2.05) is 45.0 Å². The number of halogens is 1. The number of carbonyl (C=O) groups is 1. The van der Waals surface area contributed by atoms with Gasteiger partial charge in [-0.1, -0.05) is 50.1 Å². The monoisotopic (exact) mass is 270 g/mol. The summed E-state index contributed by atoms with van der Waals surface area (Å²) in [6, 6.07) is 7.70. The molecule has 0 saturated heterocycles. The second kappa shape index (κ2) is 8.11. The van der Waals surface area contributed by atoms with Crippen molar-refractivity contribution < 1.29 is 4.79 Å². The van der Waals surface area contributed by atoms with Gasteiger partial charge in [-0.25, -0.2) is 0 Å². The number of amides is 1. The molecule has 0 spiro atoms. The Bertz CT molecular complexity index is 365. The van der Waals surface area contributed by atoms with Crippen LogP contribution in [0.15, 0.2) is 24.3 Å². The number of nitrogens with two attached hydrogens (primary N) is 1. The Hall–Kier alpha value is -1.06. The molecule has 1 aromatic rings. The Morgan fingerprint density at radius 2 is 1.89 bits per heavy atom. The zero-order valence-corrected chi connectivity index (χ0v) is 12.1. The first-order valence-electron chi connectivity index (χ1n) is 6.13. The van der Waals surface area contributed by atoms with E-state index in [0.29, 0.717) is 6.54 Å². The summed E-state index contributed by atoms with van der Waals surface area (Å²) in [5, 5.41) is 2.87. The maximum atomic E-state index is 11.7. The minimum atomic E-state index is -0.412. The standard InChI is InChI=1S/C14H22N2O.ClH/c1-4-11(3)13(15)14(17)16-9-12-7-5-10(2)6-8-12;/h5-8,11,13H,4,9,15H2,1-3H3,(H,16,17);1H. The van der Waals surface area contributed by atoms with Crippen LogP contribution in [0.2, 0.25) is 0 Å². The third kappa shape index (κ3) is 5.07. The van der Waals surface area contributed by atoms with Crippen LogP contribution in [0.3, 0.4) is 0 Å². The van der Waals surface area contributed by atoms with Gasteiger partial charge in [0.15, 0.2) is 0 Å². The third-order valence-electron chi connectivity index (χ3n) is 3.15. The zero-order valence-electron chi connectivity index (χ0n) is 11.3. The number of hydrogen-bond donors (Lipinski definition) is 2. The summed E-state index contributed by atoms with van der Waals surface area (Å²) in [4.78, 5) is 11.7. The van der Waals surface area contributed by atoms with Gasteiger partial charge in [0.1, 0.15) is 0 Å². The molecule has 2 atom stereocenters. The molecule has 18 heavy (non-hydrogen) atoms. The maximum Gasteiger partial charge on any atom is 0.237 e. The lowest BCUT2D eigenvalue weighted by Gasteiger charge is -2.17. The van der Waals surface area contributed by atoms with Gasteiger partial charge in [-0.15, -0.1) is 12.4 Å². The van der Waals surface area contributed by atoms with Gasteiger partial charge >= 0.3 is 0 Å². The van der Waals surface area contributed by atoms with Crippen molar-refractivity contribution in [3.8, 4) is 0 Å². The Labute approximate surface area is 116 Å². The SMILES string of the molecule is CCC(C)C(N)C(=O)NCc1ccc(C)cc1.Cl. The molecule has 1 rings (SSSR count). The van der Waals surface area contributed by atoms with Crippen LogP contribution in [0.4, 0.5) is 0 Å². The zero-order chi connectivity index (χ0) is 12.8. The lowest BCUT2D eigenvalue weighted by Crippen LogP contribution is -2.44. The van der Waals surface area contributed by atoms with Gasteiger partial charge in [-0.05, 0) is 18.4 Å². The molecule has 0 fully saturated rings. The number of carbonyl (C=O) groups excluding carboxylic acids is 1. The number of benzene rings is 1. The first kappa shape index (κ1) is 16.9. The average molecular weight is 271 g/mol. The van der Waals surface area contributed by atoms with Crippen molar-refractivity contribution >= 4 is 18.3 Å². The van der Waals surface area contributed by atoms with Gasteiger partial charge in [-0.2, -0.15) is 0 Å².